The van der Waals surface area contributed by atoms with E-state index in [9.17, 15) is 4.79 Å². The SMILES string of the molecule is CCNC(=NCc1ccccc1OC1CCC1)NCCC(=O)N(CC)CC. The molecule has 0 aliphatic heterocycles. The van der Waals surface area contributed by atoms with Crippen molar-refractivity contribution < 1.29 is 9.53 Å². The molecule has 0 saturated heterocycles. The molecule has 1 fully saturated rings. The highest BCUT2D eigenvalue weighted by atomic mass is 16.5. The van der Waals surface area contributed by atoms with Crippen LogP contribution in [0.5, 0.6) is 5.75 Å². The van der Waals surface area contributed by atoms with Gasteiger partial charge < -0.3 is 20.3 Å². The van der Waals surface area contributed by atoms with Gasteiger partial charge >= 0.3 is 0 Å². The highest BCUT2D eigenvalue weighted by molar-refractivity contribution is 5.81. The van der Waals surface area contributed by atoms with Gasteiger partial charge in [0.05, 0.1) is 12.6 Å². The molecule has 27 heavy (non-hydrogen) atoms. The van der Waals surface area contributed by atoms with Gasteiger partial charge in [0.25, 0.3) is 0 Å². The highest BCUT2D eigenvalue weighted by Gasteiger charge is 2.20. The van der Waals surface area contributed by atoms with Crippen LogP contribution in [0, 0.1) is 0 Å². The lowest BCUT2D eigenvalue weighted by atomic mass is 9.96. The van der Waals surface area contributed by atoms with Gasteiger partial charge in [-0.25, -0.2) is 4.99 Å². The van der Waals surface area contributed by atoms with Crippen LogP contribution < -0.4 is 15.4 Å². The number of ether oxygens (including phenoxy) is 1. The summed E-state index contributed by atoms with van der Waals surface area (Å²) in [7, 11) is 0. The van der Waals surface area contributed by atoms with E-state index in [1.165, 1.54) is 6.42 Å². The zero-order valence-corrected chi connectivity index (χ0v) is 17.0. The molecular formula is C21H34N4O2. The molecule has 0 heterocycles. The number of carbonyl (C=O) groups is 1. The number of benzene rings is 1. The number of hydrogen-bond donors (Lipinski definition) is 2. The summed E-state index contributed by atoms with van der Waals surface area (Å²) in [5.41, 5.74) is 1.08. The Morgan fingerprint density at radius 3 is 2.56 bits per heavy atom. The number of hydrogen-bond acceptors (Lipinski definition) is 3. The van der Waals surface area contributed by atoms with Crippen molar-refractivity contribution >= 4 is 11.9 Å². The first-order valence-electron chi connectivity index (χ1n) is 10.2. The molecule has 0 aromatic heterocycles. The number of amides is 1. The summed E-state index contributed by atoms with van der Waals surface area (Å²) < 4.78 is 6.08. The Kier molecular flexibility index (Phi) is 8.95. The molecule has 1 aliphatic rings. The molecular weight excluding hydrogens is 340 g/mol. The number of nitrogens with one attached hydrogen (secondary N) is 2. The Bertz CT molecular complexity index is 610. The maximum Gasteiger partial charge on any atom is 0.224 e. The summed E-state index contributed by atoms with van der Waals surface area (Å²) in [5.74, 6) is 1.82. The van der Waals surface area contributed by atoms with Gasteiger partial charge in [-0.1, -0.05) is 18.2 Å². The average molecular weight is 375 g/mol. The van der Waals surface area contributed by atoms with Gasteiger partial charge in [0.1, 0.15) is 5.75 Å². The molecule has 6 heteroatoms. The molecule has 1 saturated carbocycles. The highest BCUT2D eigenvalue weighted by Crippen LogP contribution is 2.27. The normalized spacial score (nSPS) is 14.4. The lowest BCUT2D eigenvalue weighted by Gasteiger charge is -2.27. The fraction of sp³-hybridized carbons (Fsp3) is 0.619. The van der Waals surface area contributed by atoms with Crippen molar-refractivity contribution in [1.29, 1.82) is 0 Å². The first-order chi connectivity index (χ1) is 13.2. The van der Waals surface area contributed by atoms with E-state index in [0.717, 1.165) is 49.7 Å². The lowest BCUT2D eigenvalue weighted by Crippen LogP contribution is -2.40. The standard InChI is InChI=1S/C21H34N4O2/c1-4-22-21(23-15-14-20(26)25(5-2)6-3)24-16-17-10-7-8-13-19(17)27-18-11-9-12-18/h7-8,10,13,18H,4-6,9,11-12,14-16H2,1-3H3,(H2,22,23,24). The Morgan fingerprint density at radius 2 is 1.93 bits per heavy atom. The molecule has 1 aromatic carbocycles. The topological polar surface area (TPSA) is 66.0 Å². The Balaban J connectivity index is 1.90. The first kappa shape index (κ1) is 21.1. The molecule has 0 spiro atoms. The van der Waals surface area contributed by atoms with Gasteiger partial charge in [-0.15, -0.1) is 0 Å². The zero-order chi connectivity index (χ0) is 19.5. The summed E-state index contributed by atoms with van der Waals surface area (Å²) in [6.45, 7) is 9.43. The molecule has 0 bridgehead atoms. The van der Waals surface area contributed by atoms with Crippen LogP contribution in [0.15, 0.2) is 29.3 Å². The van der Waals surface area contributed by atoms with Crippen molar-refractivity contribution in [2.24, 2.45) is 4.99 Å². The number of guanidine groups is 1. The van der Waals surface area contributed by atoms with E-state index in [2.05, 4.69) is 21.7 Å². The molecule has 2 N–H and O–H groups in total. The van der Waals surface area contributed by atoms with Crippen LogP contribution in [-0.4, -0.2) is 49.0 Å². The minimum absolute atomic E-state index is 0.169. The Labute approximate surface area is 163 Å². The van der Waals surface area contributed by atoms with Crippen LogP contribution in [0.3, 0.4) is 0 Å². The number of nitrogens with zero attached hydrogens (tertiary/aromatic N) is 2. The summed E-state index contributed by atoms with van der Waals surface area (Å²) in [6, 6.07) is 8.10. The van der Waals surface area contributed by atoms with E-state index < -0.39 is 0 Å². The average Bonchev–Trinajstić information content (AvgIpc) is 2.64. The van der Waals surface area contributed by atoms with Crippen molar-refractivity contribution in [1.82, 2.24) is 15.5 Å². The third-order valence-corrected chi connectivity index (χ3v) is 4.82. The van der Waals surface area contributed by atoms with Crippen molar-refractivity contribution in [3.63, 3.8) is 0 Å². The molecule has 150 valence electrons. The first-order valence-corrected chi connectivity index (χ1v) is 10.2. The van der Waals surface area contributed by atoms with Gasteiger partial charge in [-0.05, 0) is 46.1 Å². The zero-order valence-electron chi connectivity index (χ0n) is 17.0. The van der Waals surface area contributed by atoms with Gasteiger partial charge in [0.15, 0.2) is 5.96 Å². The quantitative estimate of drug-likeness (QED) is 0.488. The maximum atomic E-state index is 12.1. The second-order valence-electron chi connectivity index (χ2n) is 6.72. The smallest absolute Gasteiger partial charge is 0.224 e. The van der Waals surface area contributed by atoms with Crippen LogP contribution in [0.2, 0.25) is 0 Å². The largest absolute Gasteiger partial charge is 0.490 e. The van der Waals surface area contributed by atoms with Crippen molar-refractivity contribution in [3.05, 3.63) is 29.8 Å². The lowest BCUT2D eigenvalue weighted by molar-refractivity contribution is -0.130. The van der Waals surface area contributed by atoms with Gasteiger partial charge in [-0.2, -0.15) is 0 Å². The van der Waals surface area contributed by atoms with Crippen LogP contribution >= 0.6 is 0 Å². The predicted octanol–water partition coefficient (Wildman–Crippen LogP) is 2.93. The molecule has 0 atom stereocenters. The summed E-state index contributed by atoms with van der Waals surface area (Å²) in [4.78, 5) is 18.6. The van der Waals surface area contributed by atoms with Crippen molar-refractivity contribution in [3.8, 4) is 5.75 Å². The minimum atomic E-state index is 0.169. The van der Waals surface area contributed by atoms with E-state index in [-0.39, 0.29) is 5.91 Å². The fourth-order valence-electron chi connectivity index (χ4n) is 2.95. The number of aliphatic imine (C=N–C) groups is 1. The van der Waals surface area contributed by atoms with Gasteiger partial charge in [-0.3, -0.25) is 4.79 Å². The molecule has 1 amide bonds. The van der Waals surface area contributed by atoms with E-state index in [4.69, 9.17) is 4.74 Å². The summed E-state index contributed by atoms with van der Waals surface area (Å²) in [6.07, 6.45) is 4.36. The Hall–Kier alpha value is -2.24. The number of carbonyl (C=O) groups excluding carboxylic acids is 1. The predicted molar refractivity (Wildman–Crippen MR) is 110 cm³/mol. The summed E-state index contributed by atoms with van der Waals surface area (Å²) >= 11 is 0. The molecule has 0 radical (unpaired) electrons. The van der Waals surface area contributed by atoms with Crippen LogP contribution in [0.25, 0.3) is 0 Å². The van der Waals surface area contributed by atoms with E-state index in [1.54, 1.807) is 0 Å². The van der Waals surface area contributed by atoms with E-state index in [0.29, 0.717) is 25.6 Å². The van der Waals surface area contributed by atoms with Crippen LogP contribution in [-0.2, 0) is 11.3 Å². The number of rotatable bonds is 10. The molecule has 1 aromatic rings. The van der Waals surface area contributed by atoms with Crippen molar-refractivity contribution in [2.45, 2.75) is 59.1 Å². The molecule has 2 rings (SSSR count). The maximum absolute atomic E-state index is 12.1. The molecule has 6 nitrogen and oxygen atoms in total. The van der Waals surface area contributed by atoms with E-state index in [1.807, 2.05) is 43.9 Å². The second-order valence-corrected chi connectivity index (χ2v) is 6.72. The number of para-hydroxylation sites is 1. The third kappa shape index (κ3) is 6.77. The molecule has 1 aliphatic carbocycles. The fourth-order valence-corrected chi connectivity index (χ4v) is 2.95. The molecule has 0 unspecified atom stereocenters. The Morgan fingerprint density at radius 1 is 1.19 bits per heavy atom. The van der Waals surface area contributed by atoms with Crippen LogP contribution in [0.4, 0.5) is 0 Å². The van der Waals surface area contributed by atoms with Gasteiger partial charge in [0.2, 0.25) is 5.91 Å². The third-order valence-electron chi connectivity index (χ3n) is 4.82. The van der Waals surface area contributed by atoms with E-state index >= 15 is 0 Å². The van der Waals surface area contributed by atoms with Gasteiger partial charge in [0, 0.05) is 38.2 Å². The van der Waals surface area contributed by atoms with Crippen molar-refractivity contribution in [2.75, 3.05) is 26.2 Å². The minimum Gasteiger partial charge on any atom is -0.490 e. The summed E-state index contributed by atoms with van der Waals surface area (Å²) in [5, 5.41) is 6.50. The second kappa shape index (κ2) is 11.5. The van der Waals surface area contributed by atoms with Crippen LogP contribution in [0.1, 0.15) is 52.0 Å². The monoisotopic (exact) mass is 374 g/mol.